The first-order valence-corrected chi connectivity index (χ1v) is 7.27. The van der Waals surface area contributed by atoms with E-state index in [0.717, 1.165) is 5.56 Å². The van der Waals surface area contributed by atoms with E-state index in [-0.39, 0.29) is 6.42 Å². The minimum atomic E-state index is -1.07. The third kappa shape index (κ3) is 7.19. The van der Waals surface area contributed by atoms with Crippen LogP contribution in [-0.2, 0) is 25.7 Å². The number of primary amides is 2. The zero-order chi connectivity index (χ0) is 16.5. The summed E-state index contributed by atoms with van der Waals surface area (Å²) in [5.74, 6) is -1.08. The predicted molar refractivity (Wildman–Crippen MR) is 82.4 cm³/mol. The maximum absolute atomic E-state index is 11.4. The Balaban J connectivity index is 2.65. The lowest BCUT2D eigenvalue weighted by Crippen LogP contribution is -2.39. The summed E-state index contributed by atoms with van der Waals surface area (Å²) in [6.45, 7) is 4.37. The highest BCUT2D eigenvalue weighted by Gasteiger charge is 2.24. The van der Waals surface area contributed by atoms with E-state index < -0.39 is 24.2 Å². The smallest absolute Gasteiger partial charge is 0.247 e. The second-order valence-electron chi connectivity index (χ2n) is 5.55. The first kappa shape index (κ1) is 18.1. The molecule has 0 saturated heterocycles. The minimum Gasteiger partial charge on any atom is -0.370 e. The van der Waals surface area contributed by atoms with E-state index in [1.54, 1.807) is 0 Å². The van der Waals surface area contributed by atoms with Crippen LogP contribution in [0.1, 0.15) is 32.3 Å². The minimum absolute atomic E-state index is 0.251. The molecule has 0 spiro atoms. The molecule has 0 aliphatic heterocycles. The number of hydrogen-bond donors (Lipinski definition) is 2. The highest BCUT2D eigenvalue weighted by Crippen LogP contribution is 2.15. The molecule has 0 aromatic heterocycles. The van der Waals surface area contributed by atoms with Crippen LogP contribution in [-0.4, -0.2) is 24.2 Å². The Morgan fingerprint density at radius 2 is 1.77 bits per heavy atom. The molecular formula is C16H24N2O4. The molecule has 0 saturated carbocycles. The summed E-state index contributed by atoms with van der Waals surface area (Å²) in [4.78, 5) is 22.4. The van der Waals surface area contributed by atoms with Crippen molar-refractivity contribution in [2.24, 2.45) is 17.4 Å². The van der Waals surface area contributed by atoms with Gasteiger partial charge in [0.25, 0.3) is 0 Å². The van der Waals surface area contributed by atoms with E-state index in [1.165, 1.54) is 0 Å². The van der Waals surface area contributed by atoms with Gasteiger partial charge in [0.2, 0.25) is 11.8 Å². The molecule has 0 heterocycles. The molecule has 0 fully saturated rings. The van der Waals surface area contributed by atoms with Crippen molar-refractivity contribution in [3.63, 3.8) is 0 Å². The molecule has 2 unspecified atom stereocenters. The number of rotatable bonds is 10. The SMILES string of the molecule is CC(C)CC(OCc1ccccc1)OC(CC(N)=O)C(N)=O. The molecule has 4 N–H and O–H groups in total. The van der Waals surface area contributed by atoms with Gasteiger partial charge in [-0.15, -0.1) is 0 Å². The van der Waals surface area contributed by atoms with Crippen LogP contribution in [0.3, 0.4) is 0 Å². The number of carbonyl (C=O) groups excluding carboxylic acids is 2. The van der Waals surface area contributed by atoms with Gasteiger partial charge in [0.15, 0.2) is 6.29 Å². The predicted octanol–water partition coefficient (Wildman–Crippen LogP) is 1.32. The van der Waals surface area contributed by atoms with E-state index >= 15 is 0 Å². The molecule has 0 aliphatic rings. The molecule has 0 aliphatic carbocycles. The first-order valence-electron chi connectivity index (χ1n) is 7.27. The third-order valence-electron chi connectivity index (χ3n) is 2.96. The van der Waals surface area contributed by atoms with Crippen LogP contribution in [0.5, 0.6) is 0 Å². The van der Waals surface area contributed by atoms with Crippen molar-refractivity contribution in [1.82, 2.24) is 0 Å². The van der Waals surface area contributed by atoms with Crippen molar-refractivity contribution in [3.8, 4) is 0 Å². The summed E-state index contributed by atoms with van der Waals surface area (Å²) in [5, 5.41) is 0. The number of amides is 2. The second-order valence-corrected chi connectivity index (χ2v) is 5.55. The molecule has 2 amide bonds. The van der Waals surface area contributed by atoms with Crippen LogP contribution in [0, 0.1) is 5.92 Å². The fourth-order valence-corrected chi connectivity index (χ4v) is 1.89. The largest absolute Gasteiger partial charge is 0.370 e. The van der Waals surface area contributed by atoms with Crippen LogP contribution < -0.4 is 11.5 Å². The van der Waals surface area contributed by atoms with Crippen molar-refractivity contribution in [3.05, 3.63) is 35.9 Å². The van der Waals surface area contributed by atoms with Crippen LogP contribution in [0.25, 0.3) is 0 Å². The number of ether oxygens (including phenoxy) is 2. The molecule has 1 rings (SSSR count). The Kier molecular flexibility index (Phi) is 7.56. The molecule has 6 nitrogen and oxygen atoms in total. The summed E-state index contributed by atoms with van der Waals surface area (Å²) < 4.78 is 11.3. The molecule has 22 heavy (non-hydrogen) atoms. The fourth-order valence-electron chi connectivity index (χ4n) is 1.89. The zero-order valence-electron chi connectivity index (χ0n) is 13.0. The van der Waals surface area contributed by atoms with Crippen molar-refractivity contribution >= 4 is 11.8 Å². The Labute approximate surface area is 130 Å². The topological polar surface area (TPSA) is 105 Å². The first-order chi connectivity index (χ1) is 10.4. The second kappa shape index (κ2) is 9.17. The Bertz CT molecular complexity index is 476. The van der Waals surface area contributed by atoms with Crippen molar-refractivity contribution in [1.29, 1.82) is 0 Å². The summed E-state index contributed by atoms with van der Waals surface area (Å²) >= 11 is 0. The lowest BCUT2D eigenvalue weighted by molar-refractivity contribution is -0.189. The Morgan fingerprint density at radius 1 is 1.14 bits per heavy atom. The lowest BCUT2D eigenvalue weighted by atomic mass is 10.1. The van der Waals surface area contributed by atoms with Gasteiger partial charge in [0.05, 0.1) is 13.0 Å². The van der Waals surface area contributed by atoms with Gasteiger partial charge >= 0.3 is 0 Å². The van der Waals surface area contributed by atoms with Crippen LogP contribution in [0.15, 0.2) is 30.3 Å². The maximum atomic E-state index is 11.4. The van der Waals surface area contributed by atoms with Crippen LogP contribution in [0.2, 0.25) is 0 Å². The van der Waals surface area contributed by atoms with Crippen molar-refractivity contribution in [2.75, 3.05) is 0 Å². The quantitative estimate of drug-likeness (QED) is 0.636. The van der Waals surface area contributed by atoms with E-state index in [1.807, 2.05) is 44.2 Å². The Morgan fingerprint density at radius 3 is 2.27 bits per heavy atom. The Hall–Kier alpha value is -1.92. The molecule has 0 radical (unpaired) electrons. The molecular weight excluding hydrogens is 284 g/mol. The normalized spacial score (nSPS) is 13.8. The molecule has 0 bridgehead atoms. The number of benzene rings is 1. The molecule has 122 valence electrons. The standard InChI is InChI=1S/C16H24N2O4/c1-11(2)8-15(21-10-12-6-4-3-5-7-12)22-13(16(18)20)9-14(17)19/h3-7,11,13,15H,8-10H2,1-2H3,(H2,17,19)(H2,18,20). The molecule has 2 atom stereocenters. The van der Waals surface area contributed by atoms with Gasteiger partial charge in [-0.25, -0.2) is 0 Å². The highest BCUT2D eigenvalue weighted by molar-refractivity contribution is 5.85. The maximum Gasteiger partial charge on any atom is 0.247 e. The van der Waals surface area contributed by atoms with Gasteiger partial charge in [0, 0.05) is 6.42 Å². The van der Waals surface area contributed by atoms with Gasteiger partial charge in [-0.2, -0.15) is 0 Å². The molecule has 1 aromatic carbocycles. The monoisotopic (exact) mass is 308 g/mol. The summed E-state index contributed by atoms with van der Waals surface area (Å²) in [6.07, 6.45) is -1.37. The summed E-state index contributed by atoms with van der Waals surface area (Å²) in [6, 6.07) is 9.61. The van der Waals surface area contributed by atoms with Gasteiger partial charge in [-0.05, 0) is 11.5 Å². The van der Waals surface area contributed by atoms with E-state index in [0.29, 0.717) is 18.9 Å². The summed E-state index contributed by atoms with van der Waals surface area (Å²) in [7, 11) is 0. The molecule has 1 aromatic rings. The number of hydrogen-bond acceptors (Lipinski definition) is 4. The summed E-state index contributed by atoms with van der Waals surface area (Å²) in [5.41, 5.74) is 11.3. The van der Waals surface area contributed by atoms with Crippen molar-refractivity contribution in [2.45, 2.75) is 45.7 Å². The zero-order valence-corrected chi connectivity index (χ0v) is 13.0. The van der Waals surface area contributed by atoms with E-state index in [2.05, 4.69) is 0 Å². The fraction of sp³-hybridized carbons (Fsp3) is 0.500. The lowest BCUT2D eigenvalue weighted by Gasteiger charge is -2.24. The number of nitrogens with two attached hydrogens (primary N) is 2. The highest BCUT2D eigenvalue weighted by atomic mass is 16.7. The number of carbonyl (C=O) groups is 2. The van der Waals surface area contributed by atoms with E-state index in [9.17, 15) is 9.59 Å². The van der Waals surface area contributed by atoms with E-state index in [4.69, 9.17) is 20.9 Å². The van der Waals surface area contributed by atoms with Gasteiger partial charge in [-0.3, -0.25) is 9.59 Å². The average Bonchev–Trinajstić information content (AvgIpc) is 2.44. The van der Waals surface area contributed by atoms with Gasteiger partial charge in [-0.1, -0.05) is 44.2 Å². The van der Waals surface area contributed by atoms with Crippen molar-refractivity contribution < 1.29 is 19.1 Å². The third-order valence-corrected chi connectivity index (χ3v) is 2.96. The molecule has 6 heteroatoms. The van der Waals surface area contributed by atoms with Gasteiger partial charge in [0.1, 0.15) is 6.10 Å². The van der Waals surface area contributed by atoms with Crippen LogP contribution >= 0.6 is 0 Å². The average molecular weight is 308 g/mol. The van der Waals surface area contributed by atoms with Gasteiger partial charge < -0.3 is 20.9 Å². The van der Waals surface area contributed by atoms with Crippen LogP contribution in [0.4, 0.5) is 0 Å².